The SMILES string of the molecule is COCC(=O)NCC1CC2CCN1CC2c1cc(C2CCCC2)nc(C)n1. The summed E-state index contributed by atoms with van der Waals surface area (Å²) in [6.45, 7) is 5.09. The molecule has 2 bridgehead atoms. The number of nitrogens with zero attached hydrogens (tertiary/aromatic N) is 3. The van der Waals surface area contributed by atoms with Crippen LogP contribution in [0, 0.1) is 12.8 Å². The van der Waals surface area contributed by atoms with E-state index in [1.807, 2.05) is 6.92 Å². The number of fused-ring (bicyclic) bond motifs is 3. The van der Waals surface area contributed by atoms with Gasteiger partial charge in [0.25, 0.3) is 0 Å². The Hall–Kier alpha value is -1.53. The van der Waals surface area contributed by atoms with Crippen molar-refractivity contribution in [2.45, 2.75) is 63.3 Å². The molecular formula is C21H32N4O2. The first-order chi connectivity index (χ1) is 13.1. The quantitative estimate of drug-likeness (QED) is 0.830. The van der Waals surface area contributed by atoms with Gasteiger partial charge in [0.15, 0.2) is 0 Å². The van der Waals surface area contributed by atoms with Gasteiger partial charge >= 0.3 is 0 Å². The molecule has 1 aromatic rings. The molecule has 1 saturated carbocycles. The van der Waals surface area contributed by atoms with Crippen LogP contribution in [0.4, 0.5) is 0 Å². The van der Waals surface area contributed by atoms with E-state index >= 15 is 0 Å². The van der Waals surface area contributed by atoms with Gasteiger partial charge in [0, 0.05) is 49.5 Å². The van der Waals surface area contributed by atoms with E-state index in [1.54, 1.807) is 7.11 Å². The van der Waals surface area contributed by atoms with E-state index in [0.29, 0.717) is 23.8 Å². The maximum atomic E-state index is 11.7. The minimum atomic E-state index is -0.0238. The molecule has 4 heterocycles. The van der Waals surface area contributed by atoms with Gasteiger partial charge in [0.2, 0.25) is 5.91 Å². The summed E-state index contributed by atoms with van der Waals surface area (Å²) in [5, 5.41) is 3.02. The van der Waals surface area contributed by atoms with Crippen molar-refractivity contribution in [3.05, 3.63) is 23.3 Å². The third-order valence-electron chi connectivity index (χ3n) is 6.72. The van der Waals surface area contributed by atoms with Crippen molar-refractivity contribution in [1.82, 2.24) is 20.2 Å². The lowest BCUT2D eigenvalue weighted by molar-refractivity contribution is -0.125. The molecular weight excluding hydrogens is 340 g/mol. The average molecular weight is 373 g/mol. The van der Waals surface area contributed by atoms with Gasteiger partial charge in [0.05, 0.1) is 0 Å². The molecule has 27 heavy (non-hydrogen) atoms. The number of ether oxygens (including phenoxy) is 1. The number of nitrogens with one attached hydrogen (secondary N) is 1. The molecule has 6 heteroatoms. The van der Waals surface area contributed by atoms with Crippen LogP contribution in [0.15, 0.2) is 6.07 Å². The summed E-state index contributed by atoms with van der Waals surface area (Å²) < 4.78 is 4.91. The van der Waals surface area contributed by atoms with Gasteiger partial charge in [-0.3, -0.25) is 9.69 Å². The Morgan fingerprint density at radius 1 is 1.26 bits per heavy atom. The fourth-order valence-electron chi connectivity index (χ4n) is 5.33. The van der Waals surface area contributed by atoms with Crippen LogP contribution in [0.3, 0.4) is 0 Å². The van der Waals surface area contributed by atoms with Crippen molar-refractivity contribution in [1.29, 1.82) is 0 Å². The molecule has 148 valence electrons. The number of carbonyl (C=O) groups excluding carboxylic acids is 1. The Morgan fingerprint density at radius 3 is 2.74 bits per heavy atom. The zero-order chi connectivity index (χ0) is 18.8. The average Bonchev–Trinajstić information content (AvgIpc) is 3.21. The highest BCUT2D eigenvalue weighted by Crippen LogP contribution is 2.42. The van der Waals surface area contributed by atoms with Gasteiger partial charge in [-0.1, -0.05) is 12.8 Å². The molecule has 1 aromatic heterocycles. The second kappa shape index (κ2) is 8.23. The van der Waals surface area contributed by atoms with Gasteiger partial charge < -0.3 is 10.1 Å². The molecule has 4 fully saturated rings. The van der Waals surface area contributed by atoms with E-state index in [9.17, 15) is 4.79 Å². The van der Waals surface area contributed by atoms with Crippen LogP contribution in [0.1, 0.15) is 67.6 Å². The number of amides is 1. The predicted molar refractivity (Wildman–Crippen MR) is 104 cm³/mol. The lowest BCUT2D eigenvalue weighted by atomic mass is 9.74. The molecule has 4 unspecified atom stereocenters. The molecule has 1 amide bonds. The van der Waals surface area contributed by atoms with Crippen LogP contribution in [-0.4, -0.2) is 60.2 Å². The first-order valence-corrected chi connectivity index (χ1v) is 10.5. The number of methoxy groups -OCH3 is 1. The lowest BCUT2D eigenvalue weighted by Gasteiger charge is -2.49. The summed E-state index contributed by atoms with van der Waals surface area (Å²) >= 11 is 0. The Labute approximate surface area is 162 Å². The Morgan fingerprint density at radius 2 is 2.04 bits per heavy atom. The Balaban J connectivity index is 1.44. The van der Waals surface area contributed by atoms with E-state index < -0.39 is 0 Å². The monoisotopic (exact) mass is 372 g/mol. The first kappa shape index (κ1) is 18.8. The lowest BCUT2D eigenvalue weighted by Crippen LogP contribution is -2.56. The summed E-state index contributed by atoms with van der Waals surface area (Å²) in [7, 11) is 1.56. The highest BCUT2D eigenvalue weighted by Gasteiger charge is 2.41. The first-order valence-electron chi connectivity index (χ1n) is 10.5. The summed E-state index contributed by atoms with van der Waals surface area (Å²) in [6, 6.07) is 2.75. The second-order valence-electron chi connectivity index (χ2n) is 8.52. The van der Waals surface area contributed by atoms with Gasteiger partial charge in [-0.2, -0.15) is 0 Å². The topological polar surface area (TPSA) is 67.3 Å². The maximum Gasteiger partial charge on any atom is 0.246 e. The number of piperidine rings is 3. The van der Waals surface area contributed by atoms with Crippen molar-refractivity contribution in [3.63, 3.8) is 0 Å². The van der Waals surface area contributed by atoms with E-state index in [2.05, 4.69) is 16.3 Å². The minimum Gasteiger partial charge on any atom is -0.375 e. The number of aromatic nitrogens is 2. The number of hydrogen-bond donors (Lipinski definition) is 1. The summed E-state index contributed by atoms with van der Waals surface area (Å²) in [5.74, 6) is 2.70. The number of carbonyl (C=O) groups is 1. The fraction of sp³-hybridized carbons (Fsp3) is 0.762. The van der Waals surface area contributed by atoms with Crippen LogP contribution < -0.4 is 5.32 Å². The Bertz CT molecular complexity index is 674. The van der Waals surface area contributed by atoms with Crippen molar-refractivity contribution in [3.8, 4) is 0 Å². The second-order valence-corrected chi connectivity index (χ2v) is 8.52. The summed E-state index contributed by atoms with van der Waals surface area (Å²) in [4.78, 5) is 23.9. The van der Waals surface area contributed by atoms with E-state index in [4.69, 9.17) is 14.7 Å². The van der Waals surface area contributed by atoms with Crippen LogP contribution in [0.5, 0.6) is 0 Å². The predicted octanol–water partition coefficient (Wildman–Crippen LogP) is 2.38. The highest BCUT2D eigenvalue weighted by atomic mass is 16.5. The summed E-state index contributed by atoms with van der Waals surface area (Å²) in [5.41, 5.74) is 2.52. The fourth-order valence-corrected chi connectivity index (χ4v) is 5.33. The molecule has 0 aromatic carbocycles. The Kier molecular flexibility index (Phi) is 5.74. The molecule has 5 rings (SSSR count). The third kappa shape index (κ3) is 4.16. The smallest absolute Gasteiger partial charge is 0.246 e. The number of aryl methyl sites for hydroxylation is 1. The molecule has 3 aliphatic heterocycles. The molecule has 0 radical (unpaired) electrons. The van der Waals surface area contributed by atoms with Gasteiger partial charge in [-0.15, -0.1) is 0 Å². The molecule has 1 N–H and O–H groups in total. The van der Waals surface area contributed by atoms with Crippen molar-refractivity contribution in [2.75, 3.05) is 33.4 Å². The standard InChI is InChI=1S/C21H32N4O2/c1-14-23-19(15-5-3-4-6-15)10-20(24-14)18-12-25-8-7-16(18)9-17(25)11-22-21(26)13-27-2/h10,15-18H,3-9,11-13H2,1-2H3,(H,22,26). The van der Waals surface area contributed by atoms with E-state index in [-0.39, 0.29) is 12.5 Å². The maximum absolute atomic E-state index is 11.7. The van der Waals surface area contributed by atoms with Crippen LogP contribution in [0.2, 0.25) is 0 Å². The minimum absolute atomic E-state index is 0.0238. The number of rotatable bonds is 6. The normalized spacial score (nSPS) is 30.6. The zero-order valence-electron chi connectivity index (χ0n) is 16.6. The van der Waals surface area contributed by atoms with Gasteiger partial charge in [-0.05, 0) is 51.1 Å². The largest absolute Gasteiger partial charge is 0.375 e. The highest BCUT2D eigenvalue weighted by molar-refractivity contribution is 5.77. The molecule has 1 aliphatic carbocycles. The molecule has 4 aliphatic rings. The van der Waals surface area contributed by atoms with E-state index in [0.717, 1.165) is 31.9 Å². The molecule has 6 nitrogen and oxygen atoms in total. The molecule has 0 spiro atoms. The van der Waals surface area contributed by atoms with Gasteiger partial charge in [-0.25, -0.2) is 9.97 Å². The van der Waals surface area contributed by atoms with Crippen molar-refractivity contribution < 1.29 is 9.53 Å². The number of hydrogen-bond acceptors (Lipinski definition) is 5. The zero-order valence-corrected chi connectivity index (χ0v) is 16.6. The van der Waals surface area contributed by atoms with Crippen LogP contribution >= 0.6 is 0 Å². The van der Waals surface area contributed by atoms with Crippen LogP contribution in [-0.2, 0) is 9.53 Å². The third-order valence-corrected chi connectivity index (χ3v) is 6.72. The summed E-state index contributed by atoms with van der Waals surface area (Å²) in [6.07, 6.45) is 7.59. The van der Waals surface area contributed by atoms with E-state index in [1.165, 1.54) is 43.5 Å². The van der Waals surface area contributed by atoms with Crippen LogP contribution in [0.25, 0.3) is 0 Å². The molecule has 4 atom stereocenters. The molecule has 3 saturated heterocycles. The van der Waals surface area contributed by atoms with Gasteiger partial charge in [0.1, 0.15) is 12.4 Å². The van der Waals surface area contributed by atoms with Crippen molar-refractivity contribution >= 4 is 5.91 Å². The van der Waals surface area contributed by atoms with Crippen molar-refractivity contribution in [2.24, 2.45) is 5.92 Å².